The van der Waals surface area contributed by atoms with Gasteiger partial charge in [0.15, 0.2) is 0 Å². The van der Waals surface area contributed by atoms with Crippen LogP contribution in [0.4, 0.5) is 5.82 Å². The Bertz CT molecular complexity index is 1960. The number of hydrogen-bond acceptors (Lipinski definition) is 13. The van der Waals surface area contributed by atoms with Gasteiger partial charge >= 0.3 is 29.8 Å². The summed E-state index contributed by atoms with van der Waals surface area (Å²) in [5, 5.41) is 21.3. The first-order valence-corrected chi connectivity index (χ1v) is 23.8. The zero-order chi connectivity index (χ0) is 49.0. The minimum atomic E-state index is -1.42. The highest BCUT2D eigenvalue weighted by atomic mass is 32.2. The molecule has 0 saturated carbocycles. The van der Waals surface area contributed by atoms with Gasteiger partial charge in [-0.05, 0) is 101 Å². The first-order valence-electron chi connectivity index (χ1n) is 21.8. The van der Waals surface area contributed by atoms with Crippen molar-refractivity contribution in [1.29, 1.82) is 0 Å². The standard InChI is InChI=1S/C46H70N4O12S2/c1-16-46(14,15)45(59)60-18-17-19-63-28(12)40(53)49-38-34(43(57)61-36(22(2)3)23(4)5)26(10)30(47-38)20-31-27(11)35(44(58)62-37(24(6)7)25(8)9)39(48-31)50-41(54)29(13)64-32(42(55)56)21-33(51)52/h20,22-25,28-29,32,36-37,47H,16-19,21H2,1-15H3,(H,49,53)(H,51,52)(H,55,56)(H,48,50,54). The number of amidine groups is 1. The van der Waals surface area contributed by atoms with E-state index in [1.165, 1.54) is 18.7 Å². The van der Waals surface area contributed by atoms with Crippen molar-refractivity contribution < 1.29 is 58.0 Å². The molecular formula is C46H70N4O12S2. The topological polar surface area (TPSA) is 240 Å². The molecule has 1 aromatic rings. The lowest BCUT2D eigenvalue weighted by Crippen LogP contribution is -2.40. The van der Waals surface area contributed by atoms with Gasteiger partial charge in [-0.3, -0.25) is 24.0 Å². The average Bonchev–Trinajstić information content (AvgIpc) is 3.67. The van der Waals surface area contributed by atoms with Gasteiger partial charge in [-0.1, -0.05) is 62.3 Å². The van der Waals surface area contributed by atoms with E-state index in [1.807, 2.05) is 76.2 Å². The number of aromatic amines is 1. The lowest BCUT2D eigenvalue weighted by Gasteiger charge is -2.25. The number of nitrogens with zero attached hydrogens (tertiary/aromatic N) is 1. The van der Waals surface area contributed by atoms with Crippen LogP contribution in [0.15, 0.2) is 21.8 Å². The molecule has 0 saturated heterocycles. The lowest BCUT2D eigenvalue weighted by molar-refractivity contribution is -0.154. The summed E-state index contributed by atoms with van der Waals surface area (Å²) in [7, 11) is 0. The number of carboxylic acids is 2. The van der Waals surface area contributed by atoms with Crippen molar-refractivity contribution in [3.63, 3.8) is 0 Å². The number of ether oxygens (including phenoxy) is 3. The second kappa shape index (κ2) is 24.6. The predicted octanol–water partition coefficient (Wildman–Crippen LogP) is 8.05. The summed E-state index contributed by atoms with van der Waals surface area (Å²) < 4.78 is 17.5. The molecule has 0 bridgehead atoms. The number of carboxylic acid groups (broad SMARTS) is 2. The van der Waals surface area contributed by atoms with Gasteiger partial charge in [0.05, 0.1) is 34.6 Å². The van der Waals surface area contributed by atoms with Gasteiger partial charge in [-0.2, -0.15) is 0 Å². The summed E-state index contributed by atoms with van der Waals surface area (Å²) in [6.45, 7) is 27.7. The Kier molecular flexibility index (Phi) is 21.4. The fourth-order valence-corrected chi connectivity index (χ4v) is 8.62. The Morgan fingerprint density at radius 1 is 0.797 bits per heavy atom. The molecule has 2 heterocycles. The Morgan fingerprint density at radius 3 is 1.83 bits per heavy atom. The number of aliphatic carboxylic acids is 2. The molecule has 0 aliphatic carbocycles. The fourth-order valence-electron chi connectivity index (χ4n) is 6.74. The number of allylic oxidation sites excluding steroid dienone is 1. The van der Waals surface area contributed by atoms with Crippen LogP contribution in [0, 0.1) is 36.0 Å². The van der Waals surface area contributed by atoms with Crippen LogP contribution in [-0.4, -0.2) is 103 Å². The second-order valence-corrected chi connectivity index (χ2v) is 21.0. The Hall–Kier alpha value is -4.58. The van der Waals surface area contributed by atoms with Crippen molar-refractivity contribution in [2.45, 2.75) is 151 Å². The number of esters is 3. The number of nitrogens with one attached hydrogen (secondary N) is 3. The van der Waals surface area contributed by atoms with Gasteiger partial charge in [0.25, 0.3) is 0 Å². The van der Waals surface area contributed by atoms with Gasteiger partial charge in [0, 0.05) is 5.69 Å². The van der Waals surface area contributed by atoms with Crippen molar-refractivity contribution >= 4 is 82.9 Å². The van der Waals surface area contributed by atoms with Crippen molar-refractivity contribution in [2.75, 3.05) is 17.7 Å². The van der Waals surface area contributed by atoms with Crippen LogP contribution in [0.2, 0.25) is 0 Å². The Labute approximate surface area is 386 Å². The highest BCUT2D eigenvalue weighted by molar-refractivity contribution is 8.01. The number of anilines is 1. The molecule has 64 heavy (non-hydrogen) atoms. The van der Waals surface area contributed by atoms with E-state index in [0.29, 0.717) is 47.2 Å². The number of hydrogen-bond donors (Lipinski definition) is 5. The molecule has 358 valence electrons. The molecule has 18 heteroatoms. The number of H-pyrrole nitrogens is 1. The molecule has 0 radical (unpaired) electrons. The van der Waals surface area contributed by atoms with Crippen LogP contribution in [0.1, 0.15) is 138 Å². The summed E-state index contributed by atoms with van der Waals surface area (Å²) in [5.74, 6) is -5.26. The maximum atomic E-state index is 14.1. The van der Waals surface area contributed by atoms with Crippen LogP contribution < -0.4 is 10.6 Å². The van der Waals surface area contributed by atoms with Gasteiger partial charge in [0.1, 0.15) is 40.2 Å². The molecule has 3 atom stereocenters. The van der Waals surface area contributed by atoms with Crippen LogP contribution in [0.3, 0.4) is 0 Å². The normalized spacial score (nSPS) is 15.3. The number of carbonyl (C=O) groups is 7. The molecule has 0 fully saturated rings. The maximum absolute atomic E-state index is 14.1. The third kappa shape index (κ3) is 15.5. The summed E-state index contributed by atoms with van der Waals surface area (Å²) in [6.07, 6.45) is 1.08. The number of thioether (sulfide) groups is 2. The maximum Gasteiger partial charge on any atom is 0.342 e. The van der Waals surface area contributed by atoms with Crippen LogP contribution >= 0.6 is 23.5 Å². The average molecular weight is 935 g/mol. The first kappa shape index (κ1) is 55.6. The van der Waals surface area contributed by atoms with Crippen molar-refractivity contribution in [3.8, 4) is 0 Å². The summed E-state index contributed by atoms with van der Waals surface area (Å²) in [6, 6.07) is 0. The fraction of sp³-hybridized carbons (Fsp3) is 0.652. The number of aromatic nitrogens is 1. The Balaban J connectivity index is 2.64. The third-order valence-electron chi connectivity index (χ3n) is 10.9. The molecule has 1 aliphatic heterocycles. The molecule has 2 rings (SSSR count). The van der Waals surface area contributed by atoms with E-state index in [9.17, 15) is 43.8 Å². The van der Waals surface area contributed by atoms with E-state index in [1.54, 1.807) is 26.8 Å². The third-order valence-corrected chi connectivity index (χ3v) is 13.4. The minimum absolute atomic E-state index is 0.0155. The number of rotatable bonds is 24. The highest BCUT2D eigenvalue weighted by Gasteiger charge is 2.36. The van der Waals surface area contributed by atoms with Crippen LogP contribution in [-0.2, 0) is 43.0 Å². The molecular weight excluding hydrogens is 865 g/mol. The van der Waals surface area contributed by atoms with Crippen molar-refractivity contribution in [2.24, 2.45) is 34.1 Å². The summed E-state index contributed by atoms with van der Waals surface area (Å²) >= 11 is 2.00. The molecule has 1 aromatic heterocycles. The minimum Gasteiger partial charge on any atom is -0.481 e. The van der Waals surface area contributed by atoms with Gasteiger partial charge in [0.2, 0.25) is 11.8 Å². The molecule has 2 amide bonds. The monoisotopic (exact) mass is 934 g/mol. The number of aliphatic imine (C=N–C) groups is 1. The van der Waals surface area contributed by atoms with Gasteiger partial charge in [-0.25, -0.2) is 14.6 Å². The van der Waals surface area contributed by atoms with E-state index in [2.05, 4.69) is 20.6 Å². The molecule has 0 spiro atoms. The van der Waals surface area contributed by atoms with Gasteiger partial charge < -0.3 is 40.0 Å². The summed E-state index contributed by atoms with van der Waals surface area (Å²) in [4.78, 5) is 98.5. The van der Waals surface area contributed by atoms with E-state index in [0.717, 1.165) is 0 Å². The van der Waals surface area contributed by atoms with Crippen LogP contribution in [0.5, 0.6) is 0 Å². The van der Waals surface area contributed by atoms with Gasteiger partial charge in [-0.15, -0.1) is 23.5 Å². The van der Waals surface area contributed by atoms with Crippen LogP contribution in [0.25, 0.3) is 6.08 Å². The quantitative estimate of drug-likeness (QED) is 0.0375. The summed E-state index contributed by atoms with van der Waals surface area (Å²) in [5.41, 5.74) is 0.727. The zero-order valence-electron chi connectivity index (χ0n) is 40.0. The van der Waals surface area contributed by atoms with E-state index in [-0.39, 0.29) is 64.7 Å². The van der Waals surface area contributed by atoms with Crippen molar-refractivity contribution in [1.82, 2.24) is 10.3 Å². The predicted molar refractivity (Wildman–Crippen MR) is 251 cm³/mol. The van der Waals surface area contributed by atoms with E-state index < -0.39 is 75.5 Å². The highest BCUT2D eigenvalue weighted by Crippen LogP contribution is 2.34. The van der Waals surface area contributed by atoms with Crippen molar-refractivity contribution in [3.05, 3.63) is 33.7 Å². The molecule has 5 N–H and O–H groups in total. The SMILES string of the molecule is CCC(C)(C)C(=O)OCCCSC(C)C(=O)Nc1[nH]c(C=C2N=C(NC(=O)C(C)SC(CC(=O)O)C(=O)O)C(C(=O)OC(C(C)C)C(C)C)=C2C)c(C)c1C(=O)OC(C(C)C)C(C)C. The zero-order valence-corrected chi connectivity index (χ0v) is 41.7. The first-order chi connectivity index (χ1) is 29.6. The number of amides is 2. The van der Waals surface area contributed by atoms with E-state index in [4.69, 9.17) is 14.2 Å². The number of carbonyl (C=O) groups excluding carboxylic acids is 5. The molecule has 3 unspecified atom stereocenters. The molecule has 16 nitrogen and oxygen atoms in total. The second-order valence-electron chi connectivity index (χ2n) is 18.0. The smallest absolute Gasteiger partial charge is 0.342 e. The van der Waals surface area contributed by atoms with E-state index >= 15 is 0 Å². The Morgan fingerprint density at radius 2 is 1.33 bits per heavy atom. The largest absolute Gasteiger partial charge is 0.481 e. The lowest BCUT2D eigenvalue weighted by atomic mass is 9.91. The molecule has 1 aliphatic rings. The molecule has 0 aromatic carbocycles.